The third-order valence-corrected chi connectivity index (χ3v) is 4.76. The summed E-state index contributed by atoms with van der Waals surface area (Å²) in [5.41, 5.74) is 5.46. The van der Waals surface area contributed by atoms with Gasteiger partial charge in [-0.05, 0) is 60.0 Å². The molecule has 0 unspecified atom stereocenters. The van der Waals surface area contributed by atoms with E-state index in [4.69, 9.17) is 11.6 Å². The molecule has 27 heavy (non-hydrogen) atoms. The lowest BCUT2D eigenvalue weighted by Crippen LogP contribution is -2.25. The molecule has 3 aromatic carbocycles. The molecule has 3 heteroatoms. The smallest absolute Gasteiger partial charge is 0.262 e. The van der Waals surface area contributed by atoms with Gasteiger partial charge in [-0.25, -0.2) is 0 Å². The van der Waals surface area contributed by atoms with Crippen LogP contribution < -0.4 is 4.90 Å². The summed E-state index contributed by atoms with van der Waals surface area (Å²) in [6.07, 6.45) is 3.85. The number of halogens is 1. The number of aryl methyl sites for hydroxylation is 1. The minimum absolute atomic E-state index is 0.0330. The van der Waals surface area contributed by atoms with Gasteiger partial charge in [0.05, 0.1) is 5.70 Å². The summed E-state index contributed by atoms with van der Waals surface area (Å²) in [7, 11) is 0. The lowest BCUT2D eigenvalue weighted by atomic mass is 10.1. The van der Waals surface area contributed by atoms with E-state index in [2.05, 4.69) is 0 Å². The van der Waals surface area contributed by atoms with E-state index < -0.39 is 0 Å². The molecule has 4 rings (SSSR count). The van der Waals surface area contributed by atoms with Crippen molar-refractivity contribution >= 4 is 35.0 Å². The van der Waals surface area contributed by atoms with E-state index in [1.54, 1.807) is 4.90 Å². The van der Waals surface area contributed by atoms with Crippen molar-refractivity contribution in [3.8, 4) is 0 Å². The summed E-state index contributed by atoms with van der Waals surface area (Å²) in [6, 6.07) is 25.5. The third kappa shape index (κ3) is 3.57. The van der Waals surface area contributed by atoms with E-state index in [9.17, 15) is 4.79 Å². The minimum Gasteiger partial charge on any atom is -0.276 e. The molecule has 2 nitrogen and oxygen atoms in total. The van der Waals surface area contributed by atoms with Crippen LogP contribution in [0.5, 0.6) is 0 Å². The van der Waals surface area contributed by atoms with Gasteiger partial charge in [-0.2, -0.15) is 0 Å². The Morgan fingerprint density at radius 3 is 2.33 bits per heavy atom. The molecule has 0 spiro atoms. The van der Waals surface area contributed by atoms with Crippen molar-refractivity contribution < 1.29 is 4.79 Å². The summed E-state index contributed by atoms with van der Waals surface area (Å²) in [6.45, 7) is 2.03. The zero-order chi connectivity index (χ0) is 18.8. The summed E-state index contributed by atoms with van der Waals surface area (Å²) in [4.78, 5) is 15.0. The maximum absolute atomic E-state index is 13.3. The number of carbonyl (C=O) groups excluding carboxylic acids is 1. The van der Waals surface area contributed by atoms with E-state index in [1.807, 2.05) is 97.9 Å². The van der Waals surface area contributed by atoms with Gasteiger partial charge >= 0.3 is 0 Å². The van der Waals surface area contributed by atoms with Crippen molar-refractivity contribution in [2.24, 2.45) is 0 Å². The topological polar surface area (TPSA) is 20.3 Å². The van der Waals surface area contributed by atoms with Crippen LogP contribution in [0, 0.1) is 6.92 Å². The molecule has 3 aromatic rings. The highest BCUT2D eigenvalue weighted by Crippen LogP contribution is 2.35. The van der Waals surface area contributed by atoms with Crippen molar-refractivity contribution in [1.29, 1.82) is 0 Å². The van der Waals surface area contributed by atoms with Crippen LogP contribution >= 0.6 is 11.6 Å². The van der Waals surface area contributed by atoms with E-state index in [0.29, 0.717) is 10.6 Å². The molecular formula is C24H18ClNO. The van der Waals surface area contributed by atoms with Crippen LogP contribution in [-0.4, -0.2) is 5.91 Å². The fourth-order valence-corrected chi connectivity index (χ4v) is 3.32. The van der Waals surface area contributed by atoms with E-state index in [0.717, 1.165) is 28.1 Å². The van der Waals surface area contributed by atoms with Crippen molar-refractivity contribution in [1.82, 2.24) is 0 Å². The highest BCUT2D eigenvalue weighted by molar-refractivity contribution is 6.30. The van der Waals surface area contributed by atoms with Crippen LogP contribution in [-0.2, 0) is 4.79 Å². The number of hydrogen-bond donors (Lipinski definition) is 0. The normalized spacial score (nSPS) is 15.3. The molecular weight excluding hydrogens is 354 g/mol. The van der Waals surface area contributed by atoms with Gasteiger partial charge in [0.15, 0.2) is 0 Å². The van der Waals surface area contributed by atoms with Gasteiger partial charge in [-0.3, -0.25) is 9.69 Å². The standard InChI is InChI=1S/C24H18ClNO/c1-17-6-5-9-22(14-17)26-23(19-7-3-2-4-8-19)16-20(24(26)27)15-18-10-12-21(25)13-11-18/h2-16H,1H3/b20-15+. The lowest BCUT2D eigenvalue weighted by Gasteiger charge is -2.21. The summed E-state index contributed by atoms with van der Waals surface area (Å²) in [5, 5.41) is 0.678. The second-order valence-electron chi connectivity index (χ2n) is 6.53. The zero-order valence-corrected chi connectivity index (χ0v) is 15.6. The van der Waals surface area contributed by atoms with Crippen molar-refractivity contribution in [3.05, 3.63) is 112 Å². The Kier molecular flexibility index (Phi) is 4.66. The number of hydrogen-bond acceptors (Lipinski definition) is 1. The maximum atomic E-state index is 13.3. The average Bonchev–Trinajstić information content (AvgIpc) is 3.01. The molecule has 1 aliphatic rings. The quantitative estimate of drug-likeness (QED) is 0.508. The predicted octanol–water partition coefficient (Wildman–Crippen LogP) is 6.12. The number of nitrogens with zero attached hydrogens (tertiary/aromatic N) is 1. The molecule has 0 atom stereocenters. The van der Waals surface area contributed by atoms with Gasteiger partial charge in [0, 0.05) is 16.3 Å². The molecule has 0 bridgehead atoms. The van der Waals surface area contributed by atoms with Gasteiger partial charge in [0.2, 0.25) is 0 Å². The number of rotatable bonds is 3. The molecule has 1 aliphatic heterocycles. The van der Waals surface area contributed by atoms with Crippen molar-refractivity contribution in [2.45, 2.75) is 6.92 Å². The molecule has 0 aliphatic carbocycles. The highest BCUT2D eigenvalue weighted by Gasteiger charge is 2.30. The van der Waals surface area contributed by atoms with Crippen LogP contribution in [0.3, 0.4) is 0 Å². The first-order valence-corrected chi connectivity index (χ1v) is 9.15. The zero-order valence-electron chi connectivity index (χ0n) is 14.9. The summed E-state index contributed by atoms with van der Waals surface area (Å²) in [5.74, 6) is -0.0330. The molecule has 1 amide bonds. The third-order valence-electron chi connectivity index (χ3n) is 4.50. The van der Waals surface area contributed by atoms with Crippen LogP contribution in [0.25, 0.3) is 11.8 Å². The fraction of sp³-hybridized carbons (Fsp3) is 0.0417. The first kappa shape index (κ1) is 17.3. The number of amides is 1. The van der Waals surface area contributed by atoms with Gasteiger partial charge in [0.1, 0.15) is 0 Å². The van der Waals surface area contributed by atoms with Gasteiger partial charge < -0.3 is 0 Å². The number of benzene rings is 3. The van der Waals surface area contributed by atoms with Crippen LogP contribution in [0.4, 0.5) is 5.69 Å². The first-order valence-electron chi connectivity index (χ1n) is 8.77. The Bertz CT molecular complexity index is 1050. The van der Waals surface area contributed by atoms with Gasteiger partial charge in [-0.1, -0.05) is 66.2 Å². The second kappa shape index (κ2) is 7.26. The molecule has 1 heterocycles. The SMILES string of the molecule is Cc1cccc(N2C(=O)/C(=C/c3ccc(Cl)cc3)C=C2c2ccccc2)c1. The van der Waals surface area contributed by atoms with Crippen LogP contribution in [0.15, 0.2) is 90.5 Å². The molecule has 0 N–H and O–H groups in total. The summed E-state index contributed by atoms with van der Waals surface area (Å²) < 4.78 is 0. The maximum Gasteiger partial charge on any atom is 0.262 e. The first-order chi connectivity index (χ1) is 13.1. The largest absolute Gasteiger partial charge is 0.276 e. The number of anilines is 1. The Labute approximate surface area is 164 Å². The Balaban J connectivity index is 1.82. The molecule has 0 saturated heterocycles. The second-order valence-corrected chi connectivity index (χ2v) is 6.96. The average molecular weight is 372 g/mol. The van der Waals surface area contributed by atoms with Crippen molar-refractivity contribution in [2.75, 3.05) is 4.90 Å². The highest BCUT2D eigenvalue weighted by atomic mass is 35.5. The summed E-state index contributed by atoms with van der Waals surface area (Å²) >= 11 is 5.97. The molecule has 0 radical (unpaired) electrons. The number of carbonyl (C=O) groups is 1. The minimum atomic E-state index is -0.0330. The van der Waals surface area contributed by atoms with Crippen molar-refractivity contribution in [3.63, 3.8) is 0 Å². The fourth-order valence-electron chi connectivity index (χ4n) is 3.20. The Hall–Kier alpha value is -3.10. The Morgan fingerprint density at radius 1 is 0.889 bits per heavy atom. The monoisotopic (exact) mass is 371 g/mol. The lowest BCUT2D eigenvalue weighted by molar-refractivity contribution is -0.113. The van der Waals surface area contributed by atoms with Gasteiger partial charge in [-0.15, -0.1) is 0 Å². The van der Waals surface area contributed by atoms with Gasteiger partial charge in [0.25, 0.3) is 5.91 Å². The van der Waals surface area contributed by atoms with E-state index in [1.165, 1.54) is 0 Å². The van der Waals surface area contributed by atoms with Crippen LogP contribution in [0.1, 0.15) is 16.7 Å². The molecule has 132 valence electrons. The molecule has 0 saturated carbocycles. The molecule has 0 fully saturated rings. The Morgan fingerprint density at radius 2 is 1.63 bits per heavy atom. The van der Waals surface area contributed by atoms with E-state index in [-0.39, 0.29) is 5.91 Å². The molecule has 0 aromatic heterocycles. The predicted molar refractivity (Wildman–Crippen MR) is 113 cm³/mol. The van der Waals surface area contributed by atoms with E-state index >= 15 is 0 Å². The van der Waals surface area contributed by atoms with Crippen LogP contribution in [0.2, 0.25) is 5.02 Å².